The SMILES string of the molecule is c1ccc(-c2ccc(-c3nc(-c4cccc5oc6cc(-n7c8ccccc8c8ccccc87)ccc6c45)nc4ccccc34)cc2)cc1. The highest BCUT2D eigenvalue weighted by atomic mass is 16.3. The molecule has 0 N–H and O–H groups in total. The van der Waals surface area contributed by atoms with E-state index in [1.165, 1.54) is 32.9 Å². The molecule has 3 aromatic heterocycles. The van der Waals surface area contributed by atoms with Crippen molar-refractivity contribution in [2.45, 2.75) is 0 Å². The molecule has 0 aliphatic heterocycles. The molecule has 0 saturated carbocycles. The maximum absolute atomic E-state index is 6.57. The van der Waals surface area contributed by atoms with Crippen LogP contribution in [0, 0.1) is 0 Å². The van der Waals surface area contributed by atoms with E-state index in [0.29, 0.717) is 5.82 Å². The zero-order chi connectivity index (χ0) is 31.6. The molecule has 3 heterocycles. The average molecular weight is 614 g/mol. The van der Waals surface area contributed by atoms with Gasteiger partial charge in [0.05, 0.1) is 22.2 Å². The number of furan rings is 1. The fourth-order valence-electron chi connectivity index (χ4n) is 7.21. The highest BCUT2D eigenvalue weighted by Crippen LogP contribution is 2.39. The minimum atomic E-state index is 0.676. The van der Waals surface area contributed by atoms with E-state index in [2.05, 4.69) is 138 Å². The van der Waals surface area contributed by atoms with Gasteiger partial charge >= 0.3 is 0 Å². The molecule has 4 heteroatoms. The van der Waals surface area contributed by atoms with E-state index < -0.39 is 0 Å². The molecule has 10 rings (SSSR count). The van der Waals surface area contributed by atoms with Crippen molar-refractivity contribution in [2.75, 3.05) is 0 Å². The first-order valence-corrected chi connectivity index (χ1v) is 16.2. The van der Waals surface area contributed by atoms with E-state index in [0.717, 1.165) is 55.3 Å². The predicted octanol–water partition coefficient (Wildman–Crippen LogP) is 11.6. The molecule has 0 atom stereocenters. The van der Waals surface area contributed by atoms with Gasteiger partial charge in [-0.3, -0.25) is 0 Å². The van der Waals surface area contributed by atoms with Gasteiger partial charge in [0.1, 0.15) is 11.2 Å². The molecule has 0 spiro atoms. The maximum atomic E-state index is 6.57. The number of hydrogen-bond donors (Lipinski definition) is 0. The molecule has 4 nitrogen and oxygen atoms in total. The van der Waals surface area contributed by atoms with E-state index in [1.54, 1.807) is 0 Å². The molecule has 0 amide bonds. The van der Waals surface area contributed by atoms with Gasteiger partial charge in [-0.1, -0.05) is 121 Å². The van der Waals surface area contributed by atoms with Gasteiger partial charge < -0.3 is 8.98 Å². The van der Waals surface area contributed by atoms with Gasteiger partial charge in [0, 0.05) is 49.8 Å². The molecule has 0 fully saturated rings. The molecule has 0 aliphatic carbocycles. The normalized spacial score (nSPS) is 11.8. The van der Waals surface area contributed by atoms with Crippen molar-refractivity contribution < 1.29 is 4.42 Å². The second-order valence-electron chi connectivity index (χ2n) is 12.2. The summed E-state index contributed by atoms with van der Waals surface area (Å²) < 4.78 is 8.89. The van der Waals surface area contributed by atoms with Crippen molar-refractivity contribution in [3.63, 3.8) is 0 Å². The van der Waals surface area contributed by atoms with Gasteiger partial charge in [-0.15, -0.1) is 0 Å². The molecule has 0 saturated heterocycles. The van der Waals surface area contributed by atoms with Crippen LogP contribution >= 0.6 is 0 Å². The minimum Gasteiger partial charge on any atom is -0.456 e. The number of aromatic nitrogens is 3. The molecule has 7 aromatic carbocycles. The predicted molar refractivity (Wildman–Crippen MR) is 197 cm³/mol. The van der Waals surface area contributed by atoms with Gasteiger partial charge in [-0.25, -0.2) is 9.97 Å². The third-order valence-electron chi connectivity index (χ3n) is 9.43. The van der Waals surface area contributed by atoms with Gasteiger partial charge in [0.2, 0.25) is 0 Å². The zero-order valence-corrected chi connectivity index (χ0v) is 25.8. The zero-order valence-electron chi connectivity index (χ0n) is 25.8. The Bertz CT molecular complexity index is 2770. The molecule has 10 aromatic rings. The van der Waals surface area contributed by atoms with Gasteiger partial charge in [-0.2, -0.15) is 0 Å². The molecule has 0 unspecified atom stereocenters. The number of fused-ring (bicyclic) bond motifs is 7. The monoisotopic (exact) mass is 613 g/mol. The Morgan fingerprint density at radius 3 is 1.85 bits per heavy atom. The molecule has 224 valence electrons. The average Bonchev–Trinajstić information content (AvgIpc) is 3.70. The van der Waals surface area contributed by atoms with Crippen molar-refractivity contribution in [3.8, 4) is 39.5 Å². The second-order valence-corrected chi connectivity index (χ2v) is 12.2. The summed E-state index contributed by atoms with van der Waals surface area (Å²) >= 11 is 0. The lowest BCUT2D eigenvalue weighted by Gasteiger charge is -2.11. The summed E-state index contributed by atoms with van der Waals surface area (Å²) in [5, 5.41) is 5.55. The van der Waals surface area contributed by atoms with Crippen LogP contribution in [0.3, 0.4) is 0 Å². The Balaban J connectivity index is 1.14. The minimum absolute atomic E-state index is 0.676. The van der Waals surface area contributed by atoms with E-state index in [1.807, 2.05) is 30.3 Å². The quantitative estimate of drug-likeness (QED) is 0.198. The van der Waals surface area contributed by atoms with E-state index >= 15 is 0 Å². The van der Waals surface area contributed by atoms with Crippen LogP contribution in [0.1, 0.15) is 0 Å². The topological polar surface area (TPSA) is 43.9 Å². The Morgan fingerprint density at radius 1 is 0.438 bits per heavy atom. The lowest BCUT2D eigenvalue weighted by atomic mass is 10.0. The Kier molecular flexibility index (Phi) is 5.84. The van der Waals surface area contributed by atoms with Crippen molar-refractivity contribution in [1.82, 2.24) is 14.5 Å². The summed E-state index contributed by atoms with van der Waals surface area (Å²) in [6.45, 7) is 0. The molecule has 48 heavy (non-hydrogen) atoms. The van der Waals surface area contributed by atoms with Crippen molar-refractivity contribution in [2.24, 2.45) is 0 Å². The standard InChI is InChI=1S/C44H27N3O/c1-2-11-28(12-3-1)29-21-23-30(24-22-29)43-34-15-4-7-17-37(34)45-44(46-43)36-16-10-20-40-42(36)35-26-25-31(27-41(35)48-40)47-38-18-8-5-13-32(38)33-14-6-9-19-39(33)47/h1-27H. The Morgan fingerprint density at radius 2 is 1.08 bits per heavy atom. The van der Waals surface area contributed by atoms with Crippen LogP contribution in [0.25, 0.3) is 94.1 Å². The highest BCUT2D eigenvalue weighted by molar-refractivity contribution is 6.13. The third kappa shape index (κ3) is 4.10. The first-order chi connectivity index (χ1) is 23.8. The first-order valence-electron chi connectivity index (χ1n) is 16.2. The summed E-state index contributed by atoms with van der Waals surface area (Å²) in [4.78, 5) is 10.4. The smallest absolute Gasteiger partial charge is 0.161 e. The molecule has 0 bridgehead atoms. The van der Waals surface area contributed by atoms with Crippen LogP contribution < -0.4 is 0 Å². The number of nitrogens with zero attached hydrogens (tertiary/aromatic N) is 3. The molecular formula is C44H27N3O. The number of benzene rings is 7. The fourth-order valence-corrected chi connectivity index (χ4v) is 7.21. The summed E-state index contributed by atoms with van der Waals surface area (Å²) in [6.07, 6.45) is 0. The Hall–Kier alpha value is -6.52. The van der Waals surface area contributed by atoms with Crippen LogP contribution in [0.5, 0.6) is 0 Å². The third-order valence-corrected chi connectivity index (χ3v) is 9.43. The van der Waals surface area contributed by atoms with Crippen molar-refractivity contribution in [1.29, 1.82) is 0 Å². The van der Waals surface area contributed by atoms with Crippen LogP contribution in [-0.4, -0.2) is 14.5 Å². The fraction of sp³-hybridized carbons (Fsp3) is 0. The van der Waals surface area contributed by atoms with Crippen LogP contribution in [0.4, 0.5) is 0 Å². The van der Waals surface area contributed by atoms with Crippen LogP contribution in [0.2, 0.25) is 0 Å². The van der Waals surface area contributed by atoms with E-state index in [-0.39, 0.29) is 0 Å². The largest absolute Gasteiger partial charge is 0.456 e. The first kappa shape index (κ1) is 26.7. The lowest BCUT2D eigenvalue weighted by Crippen LogP contribution is -1.96. The number of hydrogen-bond acceptors (Lipinski definition) is 3. The summed E-state index contributed by atoms with van der Waals surface area (Å²) in [7, 11) is 0. The van der Waals surface area contributed by atoms with Gasteiger partial charge in [0.15, 0.2) is 5.82 Å². The van der Waals surface area contributed by atoms with Crippen molar-refractivity contribution >= 4 is 54.6 Å². The molecule has 0 aliphatic rings. The van der Waals surface area contributed by atoms with Crippen molar-refractivity contribution in [3.05, 3.63) is 164 Å². The maximum Gasteiger partial charge on any atom is 0.161 e. The number of rotatable bonds is 4. The summed E-state index contributed by atoms with van der Waals surface area (Å²) in [6, 6.07) is 57.2. The van der Waals surface area contributed by atoms with Gasteiger partial charge in [-0.05, 0) is 47.5 Å². The van der Waals surface area contributed by atoms with Gasteiger partial charge in [0.25, 0.3) is 0 Å². The summed E-state index contributed by atoms with van der Waals surface area (Å²) in [5.41, 5.74) is 11.2. The van der Waals surface area contributed by atoms with Crippen LogP contribution in [-0.2, 0) is 0 Å². The van der Waals surface area contributed by atoms with Crippen LogP contribution in [0.15, 0.2) is 168 Å². The summed E-state index contributed by atoms with van der Waals surface area (Å²) in [5.74, 6) is 0.676. The Labute approximate surface area is 276 Å². The molecular weight excluding hydrogens is 587 g/mol. The van der Waals surface area contributed by atoms with E-state index in [4.69, 9.17) is 14.4 Å². The second kappa shape index (κ2) is 10.5. The lowest BCUT2D eigenvalue weighted by molar-refractivity contribution is 0.668. The van der Waals surface area contributed by atoms with E-state index in [9.17, 15) is 0 Å². The number of para-hydroxylation sites is 3. The highest BCUT2D eigenvalue weighted by Gasteiger charge is 2.19. The molecule has 0 radical (unpaired) electrons.